The number of hydrogen-bond donors (Lipinski definition) is 2. The molecule has 0 radical (unpaired) electrons. The molecule has 1 fully saturated rings. The van der Waals surface area contributed by atoms with Gasteiger partial charge in [0.05, 0.1) is 11.4 Å². The van der Waals surface area contributed by atoms with Gasteiger partial charge in [0.1, 0.15) is 0 Å². The van der Waals surface area contributed by atoms with E-state index in [0.717, 1.165) is 17.5 Å². The molecule has 1 heterocycles. The first-order valence-corrected chi connectivity index (χ1v) is 11.1. The molecule has 154 valence electrons. The molecule has 1 aliphatic heterocycles. The molecule has 8 heteroatoms. The predicted octanol–water partition coefficient (Wildman–Crippen LogP) is 1.85. The fourth-order valence-corrected chi connectivity index (χ4v) is 4.68. The van der Waals surface area contributed by atoms with Gasteiger partial charge < -0.3 is 10.2 Å². The average molecular weight is 415 g/mol. The lowest BCUT2D eigenvalue weighted by atomic mass is 10.1. The summed E-state index contributed by atoms with van der Waals surface area (Å²) < 4.78 is 27.1. The maximum Gasteiger partial charge on any atom is 0.266 e. The molecule has 0 saturated carbocycles. The molecule has 2 N–H and O–H groups in total. The highest BCUT2D eigenvalue weighted by Gasteiger charge is 2.34. The van der Waals surface area contributed by atoms with E-state index in [1.807, 2.05) is 30.3 Å². The highest BCUT2D eigenvalue weighted by atomic mass is 32.2. The van der Waals surface area contributed by atoms with E-state index in [-0.39, 0.29) is 23.3 Å². The SMILES string of the molecule is CC(=O)NCCc1ccc(S(=O)(=O)N2CCN(CCc3ccccc3)C2=N)cc1. The van der Waals surface area contributed by atoms with E-state index >= 15 is 0 Å². The number of carbonyl (C=O) groups excluding carboxylic acids is 1. The Kier molecular flexibility index (Phi) is 6.53. The number of rotatable bonds is 8. The van der Waals surface area contributed by atoms with E-state index in [2.05, 4.69) is 5.32 Å². The first-order chi connectivity index (χ1) is 13.9. The van der Waals surface area contributed by atoms with Crippen molar-refractivity contribution in [3.8, 4) is 0 Å². The van der Waals surface area contributed by atoms with E-state index in [1.54, 1.807) is 29.2 Å². The molecule has 3 rings (SSSR count). The zero-order chi connectivity index (χ0) is 20.9. The van der Waals surface area contributed by atoms with Crippen LogP contribution in [0, 0.1) is 5.41 Å². The molecule has 0 bridgehead atoms. The van der Waals surface area contributed by atoms with Crippen LogP contribution in [0.5, 0.6) is 0 Å². The first kappa shape index (κ1) is 20.9. The van der Waals surface area contributed by atoms with E-state index in [0.29, 0.717) is 26.1 Å². The first-order valence-electron chi connectivity index (χ1n) is 9.61. The second-order valence-electron chi connectivity index (χ2n) is 7.00. The molecule has 0 atom stereocenters. The van der Waals surface area contributed by atoms with Crippen molar-refractivity contribution < 1.29 is 13.2 Å². The van der Waals surface area contributed by atoms with Crippen LogP contribution in [0.1, 0.15) is 18.1 Å². The summed E-state index contributed by atoms with van der Waals surface area (Å²) in [6.45, 7) is 3.37. The highest BCUT2D eigenvalue weighted by molar-refractivity contribution is 7.89. The molecular weight excluding hydrogens is 388 g/mol. The summed E-state index contributed by atoms with van der Waals surface area (Å²) in [5, 5.41) is 11.1. The summed E-state index contributed by atoms with van der Waals surface area (Å²) in [5.74, 6) is -0.0655. The second-order valence-corrected chi connectivity index (χ2v) is 8.86. The Morgan fingerprint density at radius 1 is 1.00 bits per heavy atom. The van der Waals surface area contributed by atoms with Crippen LogP contribution in [-0.2, 0) is 27.7 Å². The van der Waals surface area contributed by atoms with E-state index in [4.69, 9.17) is 5.41 Å². The van der Waals surface area contributed by atoms with Crippen molar-refractivity contribution in [2.75, 3.05) is 26.2 Å². The van der Waals surface area contributed by atoms with Crippen molar-refractivity contribution in [3.63, 3.8) is 0 Å². The molecule has 7 nitrogen and oxygen atoms in total. The van der Waals surface area contributed by atoms with Crippen LogP contribution >= 0.6 is 0 Å². The predicted molar refractivity (Wildman–Crippen MR) is 112 cm³/mol. The summed E-state index contributed by atoms with van der Waals surface area (Å²) in [4.78, 5) is 12.9. The minimum absolute atomic E-state index is 0.0238. The number of carbonyl (C=O) groups is 1. The number of sulfonamides is 1. The number of amides is 1. The third-order valence-electron chi connectivity index (χ3n) is 4.92. The lowest BCUT2D eigenvalue weighted by Crippen LogP contribution is -2.37. The summed E-state index contributed by atoms with van der Waals surface area (Å²) >= 11 is 0. The fraction of sp³-hybridized carbons (Fsp3) is 0.333. The van der Waals surface area contributed by atoms with E-state index in [9.17, 15) is 13.2 Å². The number of guanidine groups is 1. The Bertz CT molecular complexity index is 959. The van der Waals surface area contributed by atoms with Gasteiger partial charge in [-0.25, -0.2) is 12.7 Å². The van der Waals surface area contributed by atoms with E-state index in [1.165, 1.54) is 11.2 Å². The number of nitrogens with zero attached hydrogens (tertiary/aromatic N) is 2. The monoisotopic (exact) mass is 414 g/mol. The van der Waals surface area contributed by atoms with Crippen molar-refractivity contribution in [2.24, 2.45) is 0 Å². The lowest BCUT2D eigenvalue weighted by Gasteiger charge is -2.21. The van der Waals surface area contributed by atoms with Crippen LogP contribution in [0.2, 0.25) is 0 Å². The molecule has 1 aliphatic rings. The van der Waals surface area contributed by atoms with Gasteiger partial charge in [0.15, 0.2) is 0 Å². The van der Waals surface area contributed by atoms with Gasteiger partial charge in [-0.2, -0.15) is 0 Å². The summed E-state index contributed by atoms with van der Waals surface area (Å²) in [6.07, 6.45) is 1.40. The van der Waals surface area contributed by atoms with Gasteiger partial charge in [0, 0.05) is 26.6 Å². The van der Waals surface area contributed by atoms with Crippen molar-refractivity contribution in [2.45, 2.75) is 24.7 Å². The topological polar surface area (TPSA) is 93.6 Å². The van der Waals surface area contributed by atoms with Crippen molar-refractivity contribution in [3.05, 3.63) is 65.7 Å². The Labute approximate surface area is 171 Å². The quantitative estimate of drug-likeness (QED) is 0.689. The summed E-state index contributed by atoms with van der Waals surface area (Å²) in [6, 6.07) is 16.6. The van der Waals surface area contributed by atoms with Crippen LogP contribution in [-0.4, -0.2) is 55.7 Å². The molecule has 0 aliphatic carbocycles. The Hall–Kier alpha value is -2.87. The zero-order valence-corrected chi connectivity index (χ0v) is 17.3. The van der Waals surface area contributed by atoms with Gasteiger partial charge in [-0.3, -0.25) is 10.2 Å². The van der Waals surface area contributed by atoms with Gasteiger partial charge in [-0.15, -0.1) is 0 Å². The number of benzene rings is 2. The third-order valence-corrected chi connectivity index (χ3v) is 6.72. The molecule has 2 aromatic carbocycles. The molecule has 1 amide bonds. The molecular formula is C21H26N4O3S. The lowest BCUT2D eigenvalue weighted by molar-refractivity contribution is -0.118. The minimum Gasteiger partial charge on any atom is -0.356 e. The number of hydrogen-bond acceptors (Lipinski definition) is 4. The maximum absolute atomic E-state index is 13.0. The van der Waals surface area contributed by atoms with Gasteiger partial charge in [0.25, 0.3) is 10.0 Å². The smallest absolute Gasteiger partial charge is 0.266 e. The molecule has 1 saturated heterocycles. The molecule has 0 spiro atoms. The van der Waals surface area contributed by atoms with Gasteiger partial charge in [0.2, 0.25) is 11.9 Å². The van der Waals surface area contributed by atoms with Gasteiger partial charge >= 0.3 is 0 Å². The van der Waals surface area contributed by atoms with Crippen LogP contribution < -0.4 is 5.32 Å². The van der Waals surface area contributed by atoms with Gasteiger partial charge in [-0.05, 0) is 36.1 Å². The van der Waals surface area contributed by atoms with Crippen molar-refractivity contribution in [1.29, 1.82) is 5.41 Å². The standard InChI is InChI=1S/C21H26N4O3S/c1-17(26)23-13-11-19-7-9-20(10-8-19)29(27,28)25-16-15-24(21(25)22)14-12-18-5-3-2-4-6-18/h2-10,22H,11-16H2,1H3,(H,23,26). The molecule has 29 heavy (non-hydrogen) atoms. The second kappa shape index (κ2) is 9.09. The Balaban J connectivity index is 1.61. The minimum atomic E-state index is -3.76. The van der Waals surface area contributed by atoms with Crippen molar-refractivity contribution >= 4 is 21.9 Å². The Morgan fingerprint density at radius 3 is 2.31 bits per heavy atom. The van der Waals surface area contributed by atoms with Crippen LogP contribution in [0.3, 0.4) is 0 Å². The normalized spacial score (nSPS) is 14.3. The van der Waals surface area contributed by atoms with E-state index < -0.39 is 10.0 Å². The fourth-order valence-electron chi connectivity index (χ4n) is 3.28. The maximum atomic E-state index is 13.0. The van der Waals surface area contributed by atoms with Crippen molar-refractivity contribution in [1.82, 2.24) is 14.5 Å². The van der Waals surface area contributed by atoms with Gasteiger partial charge in [-0.1, -0.05) is 42.5 Å². The largest absolute Gasteiger partial charge is 0.356 e. The summed E-state index contributed by atoms with van der Waals surface area (Å²) in [5.41, 5.74) is 2.11. The Morgan fingerprint density at radius 2 is 1.66 bits per heavy atom. The average Bonchev–Trinajstić information content (AvgIpc) is 3.08. The number of nitrogens with one attached hydrogen (secondary N) is 2. The van der Waals surface area contributed by atoms with Crippen LogP contribution in [0.4, 0.5) is 0 Å². The molecule has 0 unspecified atom stereocenters. The van der Waals surface area contributed by atoms with Crippen LogP contribution in [0.15, 0.2) is 59.5 Å². The highest BCUT2D eigenvalue weighted by Crippen LogP contribution is 2.21. The zero-order valence-electron chi connectivity index (χ0n) is 16.5. The molecule has 2 aromatic rings. The summed E-state index contributed by atoms with van der Waals surface area (Å²) in [7, 11) is -3.76. The third kappa shape index (κ3) is 5.14. The molecule has 0 aromatic heterocycles. The van der Waals surface area contributed by atoms with Crippen LogP contribution in [0.25, 0.3) is 0 Å².